The molecule has 34 heavy (non-hydrogen) atoms. The maximum Gasteiger partial charge on any atom is 0.344 e. The molecule has 1 unspecified atom stereocenters. The van der Waals surface area contributed by atoms with Crippen molar-refractivity contribution in [1.29, 1.82) is 0 Å². The number of hydrogen-bond acceptors (Lipinski definition) is 5. The van der Waals surface area contributed by atoms with Gasteiger partial charge in [-0.25, -0.2) is 13.2 Å². The van der Waals surface area contributed by atoms with Gasteiger partial charge in [-0.3, -0.25) is 15.0 Å². The van der Waals surface area contributed by atoms with Crippen LogP contribution in [-0.2, 0) is 31.6 Å². The fraction of sp³-hybridized carbons (Fsp3) is 0.375. The average molecular weight is 485 g/mol. The zero-order valence-electron chi connectivity index (χ0n) is 19.0. The molecular weight excluding hydrogens is 456 g/mol. The Labute approximate surface area is 199 Å². The van der Waals surface area contributed by atoms with Crippen LogP contribution in [0, 0.1) is 0 Å². The molecule has 2 aliphatic heterocycles. The third-order valence-electron chi connectivity index (χ3n) is 6.30. The lowest BCUT2D eigenvalue weighted by Gasteiger charge is -2.25. The molecule has 2 aliphatic rings. The fourth-order valence-electron chi connectivity index (χ4n) is 4.23. The van der Waals surface area contributed by atoms with Crippen LogP contribution in [0.1, 0.15) is 43.7 Å². The molecule has 0 bridgehead atoms. The predicted molar refractivity (Wildman–Crippen MR) is 125 cm³/mol. The van der Waals surface area contributed by atoms with Crippen molar-refractivity contribution in [3.05, 3.63) is 65.7 Å². The summed E-state index contributed by atoms with van der Waals surface area (Å²) in [6, 6.07) is 14.6. The Morgan fingerprint density at radius 2 is 1.65 bits per heavy atom. The minimum Gasteiger partial charge on any atom is -0.318 e. The lowest BCUT2D eigenvalue weighted by molar-refractivity contribution is -0.138. The number of urea groups is 1. The highest BCUT2D eigenvalue weighted by atomic mass is 32.2. The second-order valence-electron chi connectivity index (χ2n) is 8.71. The second-order valence-corrected chi connectivity index (χ2v) is 10.6. The normalized spacial score (nSPS) is 21.4. The third-order valence-corrected chi connectivity index (χ3v) is 8.21. The Balaban J connectivity index is 1.34. The minimum absolute atomic E-state index is 0.0251. The number of imide groups is 1. The van der Waals surface area contributed by atoms with Gasteiger partial charge in [-0.1, -0.05) is 48.9 Å². The standard InChI is InChI=1S/C24H28N4O5S/c1-24(19-8-4-2-5-9-19)22(30)28(23(31)25-24)26-21(29)15-12-18-10-13-20(14-11-18)34(32,33)27-16-6-3-7-17-27/h2,4-5,8-11,13-14H,3,6-7,12,15-17H2,1H3,(H,25,31)(H,26,29). The van der Waals surface area contributed by atoms with Crippen molar-refractivity contribution in [2.24, 2.45) is 0 Å². The van der Waals surface area contributed by atoms with Crippen molar-refractivity contribution < 1.29 is 22.8 Å². The van der Waals surface area contributed by atoms with Gasteiger partial charge < -0.3 is 5.32 Å². The molecule has 0 spiro atoms. The Bertz CT molecular complexity index is 1180. The summed E-state index contributed by atoms with van der Waals surface area (Å²) in [7, 11) is -3.51. The number of sulfonamides is 1. The van der Waals surface area contributed by atoms with Crippen LogP contribution in [0.4, 0.5) is 4.79 Å². The second kappa shape index (κ2) is 9.55. The summed E-state index contributed by atoms with van der Waals surface area (Å²) in [4.78, 5) is 37.9. The Kier molecular flexibility index (Phi) is 6.72. The van der Waals surface area contributed by atoms with E-state index in [4.69, 9.17) is 0 Å². The van der Waals surface area contributed by atoms with E-state index < -0.39 is 33.4 Å². The fourth-order valence-corrected chi connectivity index (χ4v) is 5.75. The maximum absolute atomic E-state index is 12.9. The highest BCUT2D eigenvalue weighted by Gasteiger charge is 2.49. The van der Waals surface area contributed by atoms with Gasteiger partial charge in [0.15, 0.2) is 0 Å². The molecule has 0 radical (unpaired) electrons. The first-order valence-corrected chi connectivity index (χ1v) is 12.8. The molecule has 4 rings (SSSR count). The van der Waals surface area contributed by atoms with Crippen LogP contribution < -0.4 is 10.7 Å². The lowest BCUT2D eigenvalue weighted by Crippen LogP contribution is -2.48. The molecule has 2 fully saturated rings. The Morgan fingerprint density at radius 3 is 2.29 bits per heavy atom. The van der Waals surface area contributed by atoms with E-state index in [1.807, 2.05) is 6.07 Å². The van der Waals surface area contributed by atoms with Crippen molar-refractivity contribution in [2.45, 2.75) is 49.5 Å². The smallest absolute Gasteiger partial charge is 0.318 e. The van der Waals surface area contributed by atoms with E-state index in [2.05, 4.69) is 10.7 Å². The van der Waals surface area contributed by atoms with Gasteiger partial charge in [-0.15, -0.1) is 0 Å². The van der Waals surface area contributed by atoms with Gasteiger partial charge in [-0.2, -0.15) is 9.31 Å². The quantitative estimate of drug-likeness (QED) is 0.585. The van der Waals surface area contributed by atoms with Crippen molar-refractivity contribution in [2.75, 3.05) is 13.1 Å². The van der Waals surface area contributed by atoms with Gasteiger partial charge in [0.2, 0.25) is 15.9 Å². The molecule has 0 aliphatic carbocycles. The summed E-state index contributed by atoms with van der Waals surface area (Å²) in [5.74, 6) is -1.06. The molecule has 2 heterocycles. The minimum atomic E-state index is -3.51. The van der Waals surface area contributed by atoms with Gasteiger partial charge in [0.05, 0.1) is 4.90 Å². The summed E-state index contributed by atoms with van der Waals surface area (Å²) in [6.07, 6.45) is 3.14. The largest absolute Gasteiger partial charge is 0.344 e. The molecule has 9 nitrogen and oxygen atoms in total. The number of aryl methyl sites for hydroxylation is 1. The third kappa shape index (κ3) is 4.69. The number of carbonyl (C=O) groups excluding carboxylic acids is 3. The molecule has 0 aromatic heterocycles. The highest BCUT2D eigenvalue weighted by molar-refractivity contribution is 7.89. The van der Waals surface area contributed by atoms with Crippen LogP contribution in [0.2, 0.25) is 0 Å². The molecule has 1 atom stereocenters. The van der Waals surface area contributed by atoms with Crippen LogP contribution in [-0.4, -0.2) is 48.7 Å². The topological polar surface area (TPSA) is 116 Å². The van der Waals surface area contributed by atoms with Gasteiger partial charge in [-0.05, 0) is 49.4 Å². The molecule has 2 saturated heterocycles. The molecular formula is C24H28N4O5S. The number of nitrogens with zero attached hydrogens (tertiary/aromatic N) is 2. The van der Waals surface area contributed by atoms with Gasteiger partial charge in [0.25, 0.3) is 5.91 Å². The summed E-state index contributed by atoms with van der Waals surface area (Å²) >= 11 is 0. The number of hydrazine groups is 1. The van der Waals surface area contributed by atoms with Crippen LogP contribution in [0.25, 0.3) is 0 Å². The van der Waals surface area contributed by atoms with Crippen LogP contribution in [0.3, 0.4) is 0 Å². The van der Waals surface area contributed by atoms with E-state index in [1.54, 1.807) is 55.5 Å². The number of rotatable bonds is 7. The highest BCUT2D eigenvalue weighted by Crippen LogP contribution is 2.27. The molecule has 180 valence electrons. The molecule has 10 heteroatoms. The van der Waals surface area contributed by atoms with Crippen molar-refractivity contribution in [1.82, 2.24) is 20.1 Å². The number of nitrogens with one attached hydrogen (secondary N) is 2. The van der Waals surface area contributed by atoms with Gasteiger partial charge >= 0.3 is 6.03 Å². The van der Waals surface area contributed by atoms with E-state index in [1.165, 1.54) is 4.31 Å². The number of hydrogen-bond donors (Lipinski definition) is 2. The maximum atomic E-state index is 12.9. The first kappa shape index (κ1) is 23.9. The van der Waals surface area contributed by atoms with Crippen LogP contribution in [0.15, 0.2) is 59.5 Å². The monoisotopic (exact) mass is 484 g/mol. The Hall–Kier alpha value is -3.24. The first-order chi connectivity index (χ1) is 16.2. The summed E-state index contributed by atoms with van der Waals surface area (Å²) in [5, 5.41) is 3.35. The number of benzene rings is 2. The van der Waals surface area contributed by atoms with E-state index in [0.29, 0.717) is 30.1 Å². The summed E-state index contributed by atoms with van der Waals surface area (Å²) in [5.41, 5.74) is 2.51. The van der Waals surface area contributed by atoms with E-state index >= 15 is 0 Å². The van der Waals surface area contributed by atoms with Crippen LogP contribution in [0.5, 0.6) is 0 Å². The average Bonchev–Trinajstić information content (AvgIpc) is 3.08. The number of amides is 4. The zero-order chi connectivity index (χ0) is 24.3. The predicted octanol–water partition coefficient (Wildman–Crippen LogP) is 2.29. The SMILES string of the molecule is CC1(c2ccccc2)NC(=O)N(NC(=O)CCc2ccc(S(=O)(=O)N3CCCCC3)cc2)C1=O. The van der Waals surface area contributed by atoms with Gasteiger partial charge in [0.1, 0.15) is 5.54 Å². The van der Waals surface area contributed by atoms with Crippen LogP contribution >= 0.6 is 0 Å². The van der Waals surface area contributed by atoms with Crippen molar-refractivity contribution in [3.8, 4) is 0 Å². The van der Waals surface area contributed by atoms with E-state index in [9.17, 15) is 22.8 Å². The van der Waals surface area contributed by atoms with Crippen molar-refractivity contribution in [3.63, 3.8) is 0 Å². The molecule has 2 aromatic carbocycles. The van der Waals surface area contributed by atoms with Crippen molar-refractivity contribution >= 4 is 27.9 Å². The molecule has 2 aromatic rings. The van der Waals surface area contributed by atoms with E-state index in [-0.39, 0.29) is 11.3 Å². The lowest BCUT2D eigenvalue weighted by atomic mass is 9.92. The Morgan fingerprint density at radius 1 is 1.00 bits per heavy atom. The molecule has 4 amide bonds. The molecule has 2 N–H and O–H groups in total. The van der Waals surface area contributed by atoms with Gasteiger partial charge in [0, 0.05) is 19.5 Å². The number of carbonyl (C=O) groups is 3. The first-order valence-electron chi connectivity index (χ1n) is 11.3. The number of piperidine rings is 1. The zero-order valence-corrected chi connectivity index (χ0v) is 19.8. The summed E-state index contributed by atoms with van der Waals surface area (Å²) < 4.78 is 27.0. The van der Waals surface area contributed by atoms with E-state index in [0.717, 1.165) is 24.8 Å². The molecule has 0 saturated carbocycles. The summed E-state index contributed by atoms with van der Waals surface area (Å²) in [6.45, 7) is 2.67.